The molecule has 0 radical (unpaired) electrons. The van der Waals surface area contributed by atoms with Crippen molar-refractivity contribution in [1.29, 1.82) is 0 Å². The Morgan fingerprint density at radius 3 is 2.37 bits per heavy atom. The minimum absolute atomic E-state index is 0.330. The van der Waals surface area contributed by atoms with Gasteiger partial charge in [0.1, 0.15) is 0 Å². The number of primary amides is 1. The third-order valence-corrected chi connectivity index (χ3v) is 6.47. The van der Waals surface area contributed by atoms with Crippen LogP contribution in [0.25, 0.3) is 22.0 Å². The van der Waals surface area contributed by atoms with Crippen LogP contribution in [0.1, 0.15) is 42.2 Å². The van der Waals surface area contributed by atoms with Crippen LogP contribution in [0.3, 0.4) is 0 Å². The number of piperidine rings is 1. The zero-order valence-electron chi connectivity index (χ0n) is 15.5. The number of amides is 1. The van der Waals surface area contributed by atoms with Gasteiger partial charge in [0.15, 0.2) is 5.69 Å². The number of nitrogens with zero attached hydrogens (tertiary/aromatic N) is 3. The molecule has 5 nitrogen and oxygen atoms in total. The van der Waals surface area contributed by atoms with E-state index in [0.717, 1.165) is 34.9 Å². The van der Waals surface area contributed by atoms with E-state index < -0.39 is 5.91 Å². The van der Waals surface area contributed by atoms with Crippen LogP contribution < -0.4 is 5.73 Å². The molecule has 2 aliphatic heterocycles. The summed E-state index contributed by atoms with van der Waals surface area (Å²) in [7, 11) is 2.24. The summed E-state index contributed by atoms with van der Waals surface area (Å²) in [5.41, 5.74) is 9.27. The highest BCUT2D eigenvalue weighted by molar-refractivity contribution is 6.05. The first kappa shape index (κ1) is 16.5. The van der Waals surface area contributed by atoms with E-state index >= 15 is 0 Å². The Kier molecular flexibility index (Phi) is 3.79. The first-order valence-electron chi connectivity index (χ1n) is 9.71. The number of nitrogens with two attached hydrogens (primary N) is 1. The van der Waals surface area contributed by atoms with Gasteiger partial charge in [-0.25, -0.2) is 0 Å². The molecule has 2 fully saturated rings. The Bertz CT molecular complexity index is 996. The molecule has 2 saturated heterocycles. The predicted octanol–water partition coefficient (Wildman–Crippen LogP) is 3.60. The molecule has 0 spiro atoms. The molecular weight excluding hydrogens is 336 g/mol. The summed E-state index contributed by atoms with van der Waals surface area (Å²) in [6.07, 6.45) is 4.69. The minimum Gasteiger partial charge on any atom is -0.364 e. The van der Waals surface area contributed by atoms with Crippen molar-refractivity contribution >= 4 is 16.8 Å². The van der Waals surface area contributed by atoms with Gasteiger partial charge in [-0.3, -0.25) is 9.48 Å². The fourth-order valence-electron chi connectivity index (χ4n) is 4.99. The normalized spacial score (nSPS) is 25.1. The average Bonchev–Trinajstić information content (AvgIpc) is 3.14. The van der Waals surface area contributed by atoms with Crippen LogP contribution in [0.2, 0.25) is 0 Å². The second-order valence-electron chi connectivity index (χ2n) is 7.93. The zero-order chi connectivity index (χ0) is 18.5. The number of hydrogen-bond acceptors (Lipinski definition) is 3. The number of aromatic nitrogens is 2. The molecule has 2 aliphatic rings. The van der Waals surface area contributed by atoms with Crippen molar-refractivity contribution in [3.05, 3.63) is 54.2 Å². The predicted molar refractivity (Wildman–Crippen MR) is 107 cm³/mol. The molecule has 2 bridgehead atoms. The van der Waals surface area contributed by atoms with Crippen molar-refractivity contribution in [1.82, 2.24) is 14.7 Å². The second-order valence-corrected chi connectivity index (χ2v) is 7.93. The fourth-order valence-corrected chi connectivity index (χ4v) is 4.99. The highest BCUT2D eigenvalue weighted by Gasteiger charge is 2.40. The van der Waals surface area contributed by atoms with Crippen LogP contribution in [-0.4, -0.2) is 39.7 Å². The van der Waals surface area contributed by atoms with Gasteiger partial charge in [-0.05, 0) is 56.0 Å². The Hall–Kier alpha value is -2.66. The number of rotatable bonds is 3. The third kappa shape index (κ3) is 2.65. The van der Waals surface area contributed by atoms with Gasteiger partial charge in [-0.2, -0.15) is 5.10 Å². The van der Waals surface area contributed by atoms with E-state index in [1.807, 2.05) is 18.2 Å². The summed E-state index contributed by atoms with van der Waals surface area (Å²) in [4.78, 5) is 14.6. The lowest BCUT2D eigenvalue weighted by Crippen LogP contribution is -2.40. The molecule has 0 saturated carbocycles. The zero-order valence-corrected chi connectivity index (χ0v) is 15.5. The SMILES string of the molecule is CN1C2CCC1CC(n1nc(C(N)=O)c3cc(-c4ccccc4)ccc31)C2. The van der Waals surface area contributed by atoms with E-state index in [9.17, 15) is 4.79 Å². The van der Waals surface area contributed by atoms with E-state index in [0.29, 0.717) is 23.8 Å². The molecule has 5 rings (SSSR count). The smallest absolute Gasteiger partial charge is 0.269 e. The van der Waals surface area contributed by atoms with E-state index in [2.05, 4.69) is 47.0 Å². The van der Waals surface area contributed by atoms with Crippen LogP contribution in [0.15, 0.2) is 48.5 Å². The Labute approximate surface area is 158 Å². The van der Waals surface area contributed by atoms with Crippen LogP contribution in [0, 0.1) is 0 Å². The van der Waals surface area contributed by atoms with Crippen LogP contribution >= 0.6 is 0 Å². The number of carbonyl (C=O) groups excluding carboxylic acids is 1. The maximum Gasteiger partial charge on any atom is 0.269 e. The minimum atomic E-state index is -0.458. The fraction of sp³-hybridized carbons (Fsp3) is 0.364. The lowest BCUT2D eigenvalue weighted by atomic mass is 9.97. The van der Waals surface area contributed by atoms with Gasteiger partial charge in [0.05, 0.1) is 11.6 Å². The summed E-state index contributed by atoms with van der Waals surface area (Å²) in [5.74, 6) is -0.458. The molecular formula is C22H24N4O. The van der Waals surface area contributed by atoms with Crippen molar-refractivity contribution in [3.8, 4) is 11.1 Å². The van der Waals surface area contributed by atoms with E-state index in [1.165, 1.54) is 12.8 Å². The van der Waals surface area contributed by atoms with E-state index in [-0.39, 0.29) is 0 Å². The summed E-state index contributed by atoms with van der Waals surface area (Å²) in [6, 6.07) is 18.0. The highest BCUT2D eigenvalue weighted by Crippen LogP contribution is 2.41. The molecule has 3 heterocycles. The topological polar surface area (TPSA) is 64.2 Å². The molecule has 2 atom stereocenters. The molecule has 5 heteroatoms. The van der Waals surface area contributed by atoms with Crippen molar-refractivity contribution in [3.63, 3.8) is 0 Å². The highest BCUT2D eigenvalue weighted by atomic mass is 16.1. The number of carbonyl (C=O) groups is 1. The first-order chi connectivity index (χ1) is 13.1. The van der Waals surface area contributed by atoms with Crippen molar-refractivity contribution in [2.75, 3.05) is 7.05 Å². The number of fused-ring (bicyclic) bond motifs is 3. The van der Waals surface area contributed by atoms with Gasteiger partial charge in [-0.1, -0.05) is 36.4 Å². The van der Waals surface area contributed by atoms with E-state index in [4.69, 9.17) is 10.8 Å². The van der Waals surface area contributed by atoms with E-state index in [1.54, 1.807) is 0 Å². The summed E-state index contributed by atoms with van der Waals surface area (Å²) in [6.45, 7) is 0. The summed E-state index contributed by atoms with van der Waals surface area (Å²) < 4.78 is 2.07. The maximum atomic E-state index is 12.1. The monoisotopic (exact) mass is 360 g/mol. The first-order valence-corrected chi connectivity index (χ1v) is 9.71. The quantitative estimate of drug-likeness (QED) is 0.776. The van der Waals surface area contributed by atoms with Crippen LogP contribution in [-0.2, 0) is 0 Å². The van der Waals surface area contributed by atoms with Gasteiger partial charge < -0.3 is 10.6 Å². The Morgan fingerprint density at radius 1 is 1.00 bits per heavy atom. The van der Waals surface area contributed by atoms with Gasteiger partial charge >= 0.3 is 0 Å². The van der Waals surface area contributed by atoms with Gasteiger partial charge in [-0.15, -0.1) is 0 Å². The van der Waals surface area contributed by atoms with Gasteiger partial charge in [0.2, 0.25) is 0 Å². The van der Waals surface area contributed by atoms with Gasteiger partial charge in [0.25, 0.3) is 5.91 Å². The van der Waals surface area contributed by atoms with Crippen molar-refractivity contribution in [2.45, 2.75) is 43.8 Å². The van der Waals surface area contributed by atoms with Crippen molar-refractivity contribution < 1.29 is 4.79 Å². The second kappa shape index (κ2) is 6.20. The Morgan fingerprint density at radius 2 is 1.70 bits per heavy atom. The molecule has 2 unspecified atom stereocenters. The maximum absolute atomic E-state index is 12.1. The molecule has 2 N–H and O–H groups in total. The number of hydrogen-bond donors (Lipinski definition) is 1. The van der Waals surface area contributed by atoms with Gasteiger partial charge in [0, 0.05) is 17.5 Å². The Balaban J connectivity index is 1.61. The average molecular weight is 360 g/mol. The van der Waals surface area contributed by atoms with Crippen LogP contribution in [0.4, 0.5) is 0 Å². The molecule has 1 amide bonds. The molecule has 0 aliphatic carbocycles. The van der Waals surface area contributed by atoms with Crippen LogP contribution in [0.5, 0.6) is 0 Å². The summed E-state index contributed by atoms with van der Waals surface area (Å²) >= 11 is 0. The van der Waals surface area contributed by atoms with Crippen molar-refractivity contribution in [2.24, 2.45) is 5.73 Å². The lowest BCUT2D eigenvalue weighted by Gasteiger charge is -2.36. The molecule has 1 aromatic heterocycles. The molecule has 138 valence electrons. The molecule has 2 aromatic carbocycles. The standard InChI is InChI=1S/C22H24N4O/c1-25-16-8-9-17(25)13-18(12-16)26-20-10-7-15(14-5-3-2-4-6-14)11-19(20)21(24-26)22(23)27/h2-7,10-11,16-18H,8-9,12-13H2,1H3,(H2,23,27). The largest absolute Gasteiger partial charge is 0.364 e. The summed E-state index contributed by atoms with van der Waals surface area (Å²) in [5, 5.41) is 5.55. The lowest BCUT2D eigenvalue weighted by molar-refractivity contribution is 0.0993. The molecule has 27 heavy (non-hydrogen) atoms. The third-order valence-electron chi connectivity index (χ3n) is 6.47. The molecule has 3 aromatic rings. The number of benzene rings is 2.